The number of nitrogens with zero attached hydrogens (tertiary/aromatic N) is 1. The Morgan fingerprint density at radius 2 is 2.12 bits per heavy atom. The van der Waals surface area contributed by atoms with Crippen molar-refractivity contribution in [2.75, 3.05) is 25.6 Å². The van der Waals surface area contributed by atoms with Crippen LogP contribution in [0.1, 0.15) is 5.56 Å². The van der Waals surface area contributed by atoms with Crippen LogP contribution in [0.3, 0.4) is 0 Å². The minimum absolute atomic E-state index is 0.0127. The standard InChI is InChI=1S/C11H12FNO2S/c12-11-7-10(2-1-9(11)8-13)15-4-3-14-5-6-16/h1-2,7,16H,3-6H2. The average molecular weight is 241 g/mol. The van der Waals surface area contributed by atoms with Crippen LogP contribution in [0, 0.1) is 17.1 Å². The van der Waals surface area contributed by atoms with Gasteiger partial charge in [-0.2, -0.15) is 17.9 Å². The second kappa shape index (κ2) is 7.09. The van der Waals surface area contributed by atoms with E-state index in [1.807, 2.05) is 0 Å². The summed E-state index contributed by atoms with van der Waals surface area (Å²) in [5.41, 5.74) is 0.0127. The van der Waals surface area contributed by atoms with E-state index >= 15 is 0 Å². The predicted octanol–water partition coefficient (Wildman–Crippen LogP) is 2.02. The van der Waals surface area contributed by atoms with Gasteiger partial charge in [-0.05, 0) is 12.1 Å². The molecule has 0 atom stereocenters. The number of thiol groups is 1. The highest BCUT2D eigenvalue weighted by Crippen LogP contribution is 2.15. The molecule has 0 spiro atoms. The zero-order chi connectivity index (χ0) is 11.8. The van der Waals surface area contributed by atoms with Gasteiger partial charge in [-0.1, -0.05) is 0 Å². The van der Waals surface area contributed by atoms with Gasteiger partial charge in [0.15, 0.2) is 0 Å². The molecule has 1 aromatic carbocycles. The molecule has 1 aromatic rings. The molecule has 16 heavy (non-hydrogen) atoms. The third-order valence-electron chi connectivity index (χ3n) is 1.79. The van der Waals surface area contributed by atoms with Gasteiger partial charge >= 0.3 is 0 Å². The van der Waals surface area contributed by atoms with E-state index in [2.05, 4.69) is 12.6 Å². The molecule has 0 saturated carbocycles. The van der Waals surface area contributed by atoms with E-state index in [0.29, 0.717) is 31.3 Å². The number of halogens is 1. The highest BCUT2D eigenvalue weighted by Gasteiger charge is 2.02. The maximum absolute atomic E-state index is 13.1. The predicted molar refractivity (Wildman–Crippen MR) is 61.3 cm³/mol. The van der Waals surface area contributed by atoms with Gasteiger partial charge < -0.3 is 9.47 Å². The Balaban J connectivity index is 2.38. The van der Waals surface area contributed by atoms with Crippen molar-refractivity contribution in [3.8, 4) is 11.8 Å². The van der Waals surface area contributed by atoms with Crippen LogP contribution in [-0.2, 0) is 4.74 Å². The van der Waals surface area contributed by atoms with Gasteiger partial charge in [0, 0.05) is 11.8 Å². The zero-order valence-electron chi connectivity index (χ0n) is 8.65. The minimum Gasteiger partial charge on any atom is -0.491 e. The Bertz CT molecular complexity index is 379. The van der Waals surface area contributed by atoms with Gasteiger partial charge in [0.2, 0.25) is 0 Å². The quantitative estimate of drug-likeness (QED) is 0.612. The SMILES string of the molecule is N#Cc1ccc(OCCOCCS)cc1F. The molecular formula is C11H12FNO2S. The molecule has 0 aliphatic heterocycles. The number of ether oxygens (including phenoxy) is 2. The summed E-state index contributed by atoms with van der Waals surface area (Å²) >= 11 is 3.98. The molecule has 0 radical (unpaired) electrons. The fourth-order valence-electron chi connectivity index (χ4n) is 1.06. The second-order valence-electron chi connectivity index (χ2n) is 2.94. The normalized spacial score (nSPS) is 9.81. The summed E-state index contributed by atoms with van der Waals surface area (Å²) in [5.74, 6) is 0.480. The summed E-state index contributed by atoms with van der Waals surface area (Å²) in [6.07, 6.45) is 0. The number of hydrogen-bond acceptors (Lipinski definition) is 4. The fourth-order valence-corrected chi connectivity index (χ4v) is 1.19. The summed E-state index contributed by atoms with van der Waals surface area (Å²) < 4.78 is 23.5. The van der Waals surface area contributed by atoms with Gasteiger partial charge in [-0.15, -0.1) is 0 Å². The maximum atomic E-state index is 13.1. The molecule has 0 aromatic heterocycles. The topological polar surface area (TPSA) is 42.2 Å². The summed E-state index contributed by atoms with van der Waals surface area (Å²) in [7, 11) is 0. The lowest BCUT2D eigenvalue weighted by atomic mass is 10.2. The van der Waals surface area contributed by atoms with Crippen LogP contribution in [0.2, 0.25) is 0 Å². The Labute approximate surface area is 99.2 Å². The van der Waals surface area contributed by atoms with Crippen molar-refractivity contribution >= 4 is 12.6 Å². The molecule has 86 valence electrons. The Morgan fingerprint density at radius 3 is 2.75 bits per heavy atom. The first kappa shape index (κ1) is 12.8. The third kappa shape index (κ3) is 4.09. The van der Waals surface area contributed by atoms with Crippen LogP contribution >= 0.6 is 12.6 Å². The lowest BCUT2D eigenvalue weighted by Gasteiger charge is -2.06. The van der Waals surface area contributed by atoms with Crippen LogP contribution in [0.5, 0.6) is 5.75 Å². The van der Waals surface area contributed by atoms with Crippen molar-refractivity contribution in [1.29, 1.82) is 5.26 Å². The van der Waals surface area contributed by atoms with Gasteiger partial charge in [0.1, 0.15) is 24.2 Å². The van der Waals surface area contributed by atoms with Crippen molar-refractivity contribution in [2.24, 2.45) is 0 Å². The Hall–Kier alpha value is -1.25. The molecule has 0 aliphatic carbocycles. The van der Waals surface area contributed by atoms with E-state index in [9.17, 15) is 4.39 Å². The summed E-state index contributed by atoms with van der Waals surface area (Å²) in [6.45, 7) is 1.34. The first-order valence-corrected chi connectivity index (χ1v) is 5.42. The molecule has 0 unspecified atom stereocenters. The lowest BCUT2D eigenvalue weighted by Crippen LogP contribution is -2.08. The first-order valence-electron chi connectivity index (χ1n) is 4.79. The van der Waals surface area contributed by atoms with Crippen LogP contribution in [0.4, 0.5) is 4.39 Å². The lowest BCUT2D eigenvalue weighted by molar-refractivity contribution is 0.112. The van der Waals surface area contributed by atoms with E-state index in [-0.39, 0.29) is 5.56 Å². The zero-order valence-corrected chi connectivity index (χ0v) is 9.54. The largest absolute Gasteiger partial charge is 0.491 e. The van der Waals surface area contributed by atoms with Crippen LogP contribution in [0.15, 0.2) is 18.2 Å². The number of rotatable bonds is 6. The summed E-state index contributed by atoms with van der Waals surface area (Å²) in [5, 5.41) is 8.52. The highest BCUT2D eigenvalue weighted by molar-refractivity contribution is 7.80. The van der Waals surface area contributed by atoms with E-state index in [4.69, 9.17) is 14.7 Å². The Morgan fingerprint density at radius 1 is 1.31 bits per heavy atom. The van der Waals surface area contributed by atoms with Crippen LogP contribution < -0.4 is 4.74 Å². The molecule has 0 aliphatic rings. The van der Waals surface area contributed by atoms with Gasteiger partial charge in [-0.25, -0.2) is 4.39 Å². The molecular weight excluding hydrogens is 229 g/mol. The summed E-state index contributed by atoms with van der Waals surface area (Å²) in [4.78, 5) is 0. The van der Waals surface area contributed by atoms with E-state index < -0.39 is 5.82 Å². The molecule has 0 heterocycles. The molecule has 0 bridgehead atoms. The highest BCUT2D eigenvalue weighted by atomic mass is 32.1. The van der Waals surface area contributed by atoms with E-state index in [0.717, 1.165) is 0 Å². The van der Waals surface area contributed by atoms with E-state index in [1.54, 1.807) is 12.1 Å². The van der Waals surface area contributed by atoms with Crippen molar-refractivity contribution in [3.05, 3.63) is 29.6 Å². The molecule has 5 heteroatoms. The molecule has 0 amide bonds. The average Bonchev–Trinajstić information content (AvgIpc) is 2.29. The van der Waals surface area contributed by atoms with Crippen molar-refractivity contribution in [1.82, 2.24) is 0 Å². The third-order valence-corrected chi connectivity index (χ3v) is 1.98. The minimum atomic E-state index is -0.573. The second-order valence-corrected chi connectivity index (χ2v) is 3.39. The monoisotopic (exact) mass is 241 g/mol. The van der Waals surface area contributed by atoms with Crippen molar-refractivity contribution in [2.45, 2.75) is 0 Å². The van der Waals surface area contributed by atoms with Crippen molar-refractivity contribution in [3.63, 3.8) is 0 Å². The molecule has 0 saturated heterocycles. The number of benzene rings is 1. The number of hydrogen-bond donors (Lipinski definition) is 1. The van der Waals surface area contributed by atoms with Crippen LogP contribution in [-0.4, -0.2) is 25.6 Å². The van der Waals surface area contributed by atoms with Crippen LogP contribution in [0.25, 0.3) is 0 Å². The molecule has 1 rings (SSSR count). The van der Waals surface area contributed by atoms with Gasteiger partial charge in [-0.3, -0.25) is 0 Å². The first-order chi connectivity index (χ1) is 7.77. The molecule has 0 N–H and O–H groups in total. The molecule has 0 fully saturated rings. The number of nitriles is 1. The smallest absolute Gasteiger partial charge is 0.144 e. The van der Waals surface area contributed by atoms with Gasteiger partial charge in [0.25, 0.3) is 0 Å². The fraction of sp³-hybridized carbons (Fsp3) is 0.364. The summed E-state index contributed by atoms with van der Waals surface area (Å²) in [6, 6.07) is 5.88. The van der Waals surface area contributed by atoms with Crippen molar-refractivity contribution < 1.29 is 13.9 Å². The van der Waals surface area contributed by atoms with E-state index in [1.165, 1.54) is 12.1 Å². The molecule has 3 nitrogen and oxygen atoms in total. The maximum Gasteiger partial charge on any atom is 0.144 e. The van der Waals surface area contributed by atoms with Gasteiger partial charge in [0.05, 0.1) is 18.8 Å². The Kier molecular flexibility index (Phi) is 5.68.